The third kappa shape index (κ3) is 6.24. The fraction of sp³-hybridized carbons (Fsp3) is 1.00. The van der Waals surface area contributed by atoms with Crippen molar-refractivity contribution in [1.29, 1.82) is 0 Å². The maximum Gasteiger partial charge on any atom is 0.0781 e. The van der Waals surface area contributed by atoms with Gasteiger partial charge in [-0.05, 0) is 27.2 Å². The molecule has 13 heavy (non-hydrogen) atoms. The van der Waals surface area contributed by atoms with E-state index in [1.807, 2.05) is 6.92 Å². The third-order valence-electron chi connectivity index (χ3n) is 2.33. The fourth-order valence-electron chi connectivity index (χ4n) is 1.09. The van der Waals surface area contributed by atoms with Crippen LogP contribution in [-0.2, 0) is 4.74 Å². The molecule has 0 rings (SSSR count). The lowest BCUT2D eigenvalue weighted by atomic mass is 10.2. The molecule has 0 amide bonds. The first-order valence-corrected chi connectivity index (χ1v) is 8.64. The molecule has 0 saturated carbocycles. The number of hydrogen-bond acceptors (Lipinski definition) is 2. The summed E-state index contributed by atoms with van der Waals surface area (Å²) >= 11 is 0. The Labute approximate surface area is 83.3 Å². The molecular formula is C10H24O2Si. The van der Waals surface area contributed by atoms with Gasteiger partial charge in [-0.15, -0.1) is 0 Å². The molecule has 0 bridgehead atoms. The number of hydrogen-bond donors (Lipinski definition) is 1. The molecule has 0 aromatic carbocycles. The zero-order valence-electron chi connectivity index (χ0n) is 9.79. The Morgan fingerprint density at radius 2 is 1.62 bits per heavy atom. The van der Waals surface area contributed by atoms with Crippen molar-refractivity contribution in [3.05, 3.63) is 0 Å². The van der Waals surface area contributed by atoms with Crippen molar-refractivity contribution in [3.63, 3.8) is 0 Å². The second kappa shape index (κ2) is 5.13. The Hall–Kier alpha value is 0.137. The van der Waals surface area contributed by atoms with E-state index < -0.39 is 8.07 Å². The zero-order valence-corrected chi connectivity index (χ0v) is 10.8. The number of ether oxygens (including phenoxy) is 1. The predicted octanol–water partition coefficient (Wildman–Crippen LogP) is 2.43. The summed E-state index contributed by atoms with van der Waals surface area (Å²) in [6.45, 7) is 12.9. The minimum atomic E-state index is -1.18. The van der Waals surface area contributed by atoms with Crippen LogP contribution >= 0.6 is 0 Å². The Bertz CT molecular complexity index is 140. The van der Waals surface area contributed by atoms with Crippen molar-refractivity contribution in [2.75, 3.05) is 0 Å². The van der Waals surface area contributed by atoms with Gasteiger partial charge in [0.15, 0.2) is 0 Å². The van der Waals surface area contributed by atoms with Gasteiger partial charge in [-0.3, -0.25) is 0 Å². The van der Waals surface area contributed by atoms with Crippen molar-refractivity contribution < 1.29 is 9.84 Å². The average Bonchev–Trinajstić information content (AvgIpc) is 1.82. The molecule has 3 atom stereocenters. The van der Waals surface area contributed by atoms with Gasteiger partial charge >= 0.3 is 0 Å². The van der Waals surface area contributed by atoms with Gasteiger partial charge in [0.25, 0.3) is 0 Å². The standard InChI is InChI=1S/C10H24O2Si/c1-8(11)7-9(2)12-10(3)13(4,5)6/h8-11H,7H2,1-6H3/t8-,9-,10-/m0/s1. The van der Waals surface area contributed by atoms with Crippen LogP contribution in [0.4, 0.5) is 0 Å². The minimum Gasteiger partial charge on any atom is -0.393 e. The van der Waals surface area contributed by atoms with Crippen LogP contribution in [0.2, 0.25) is 19.6 Å². The van der Waals surface area contributed by atoms with E-state index in [1.54, 1.807) is 6.92 Å². The van der Waals surface area contributed by atoms with Crippen LogP contribution in [0, 0.1) is 0 Å². The van der Waals surface area contributed by atoms with E-state index >= 15 is 0 Å². The topological polar surface area (TPSA) is 29.5 Å². The smallest absolute Gasteiger partial charge is 0.0781 e. The summed E-state index contributed by atoms with van der Waals surface area (Å²) in [5.41, 5.74) is 0.362. The highest BCUT2D eigenvalue weighted by Gasteiger charge is 2.25. The van der Waals surface area contributed by atoms with Crippen molar-refractivity contribution >= 4 is 8.07 Å². The van der Waals surface area contributed by atoms with Gasteiger partial charge in [-0.25, -0.2) is 0 Å². The number of aliphatic hydroxyl groups excluding tert-OH is 1. The number of rotatable bonds is 5. The summed E-state index contributed by atoms with van der Waals surface area (Å²) in [4.78, 5) is 0. The second-order valence-electron chi connectivity index (χ2n) is 5.04. The molecule has 1 N–H and O–H groups in total. The van der Waals surface area contributed by atoms with Gasteiger partial charge in [-0.2, -0.15) is 0 Å². The van der Waals surface area contributed by atoms with E-state index in [9.17, 15) is 0 Å². The first-order chi connectivity index (χ1) is 5.73. The minimum absolute atomic E-state index is 0.168. The normalized spacial score (nSPS) is 19.6. The van der Waals surface area contributed by atoms with Gasteiger partial charge in [0.05, 0.1) is 20.3 Å². The monoisotopic (exact) mass is 204 g/mol. The summed E-state index contributed by atoms with van der Waals surface area (Å²) < 4.78 is 5.83. The molecule has 0 aliphatic heterocycles. The summed E-state index contributed by atoms with van der Waals surface area (Å²) in [5.74, 6) is 0. The van der Waals surface area contributed by atoms with Crippen LogP contribution in [0.15, 0.2) is 0 Å². The lowest BCUT2D eigenvalue weighted by Crippen LogP contribution is -2.40. The Morgan fingerprint density at radius 1 is 1.15 bits per heavy atom. The summed E-state index contributed by atoms with van der Waals surface area (Å²) in [7, 11) is -1.18. The van der Waals surface area contributed by atoms with Crippen LogP contribution in [0.1, 0.15) is 27.2 Å². The van der Waals surface area contributed by atoms with E-state index in [1.165, 1.54) is 0 Å². The van der Waals surface area contributed by atoms with Crippen molar-refractivity contribution in [3.8, 4) is 0 Å². The molecule has 0 fully saturated rings. The third-order valence-corrected chi connectivity index (χ3v) is 4.90. The highest BCUT2D eigenvalue weighted by atomic mass is 28.3. The van der Waals surface area contributed by atoms with E-state index in [4.69, 9.17) is 9.84 Å². The van der Waals surface area contributed by atoms with E-state index in [2.05, 4.69) is 26.6 Å². The molecule has 0 aliphatic carbocycles. The van der Waals surface area contributed by atoms with Crippen LogP contribution in [0.5, 0.6) is 0 Å². The quantitative estimate of drug-likeness (QED) is 0.697. The second-order valence-corrected chi connectivity index (χ2v) is 10.6. The van der Waals surface area contributed by atoms with Crippen molar-refractivity contribution in [1.82, 2.24) is 0 Å². The fourth-order valence-corrected chi connectivity index (χ4v) is 1.73. The molecule has 80 valence electrons. The average molecular weight is 204 g/mol. The van der Waals surface area contributed by atoms with E-state index in [0.29, 0.717) is 5.73 Å². The highest BCUT2D eigenvalue weighted by Crippen LogP contribution is 2.14. The maximum atomic E-state index is 9.17. The van der Waals surface area contributed by atoms with Crippen LogP contribution in [0.25, 0.3) is 0 Å². The molecule has 0 aliphatic rings. The molecule has 0 heterocycles. The molecule has 0 saturated heterocycles. The molecule has 0 aromatic heterocycles. The SMILES string of the molecule is C[C@H](O)C[C@H](C)O[C@H](C)[Si](C)(C)C. The molecule has 0 aromatic rings. The molecule has 0 spiro atoms. The van der Waals surface area contributed by atoms with Gasteiger partial charge in [-0.1, -0.05) is 19.6 Å². The Balaban J connectivity index is 3.85. The van der Waals surface area contributed by atoms with E-state index in [-0.39, 0.29) is 12.2 Å². The lowest BCUT2D eigenvalue weighted by Gasteiger charge is -2.29. The first-order valence-electron chi connectivity index (χ1n) is 5.07. The molecular weight excluding hydrogens is 180 g/mol. The number of aliphatic hydroxyl groups is 1. The van der Waals surface area contributed by atoms with Gasteiger partial charge in [0.1, 0.15) is 0 Å². The predicted molar refractivity (Wildman–Crippen MR) is 59.7 cm³/mol. The zero-order chi connectivity index (χ0) is 10.6. The largest absolute Gasteiger partial charge is 0.393 e. The van der Waals surface area contributed by atoms with Gasteiger partial charge in [0, 0.05) is 5.73 Å². The van der Waals surface area contributed by atoms with Crippen LogP contribution in [0.3, 0.4) is 0 Å². The van der Waals surface area contributed by atoms with Crippen LogP contribution in [-0.4, -0.2) is 31.1 Å². The van der Waals surface area contributed by atoms with E-state index in [0.717, 1.165) is 6.42 Å². The van der Waals surface area contributed by atoms with Crippen LogP contribution < -0.4 is 0 Å². The van der Waals surface area contributed by atoms with Crippen molar-refractivity contribution in [2.45, 2.75) is 64.8 Å². The van der Waals surface area contributed by atoms with Gasteiger partial charge in [0.2, 0.25) is 0 Å². The maximum absolute atomic E-state index is 9.17. The Morgan fingerprint density at radius 3 is 1.92 bits per heavy atom. The molecule has 2 nitrogen and oxygen atoms in total. The Kier molecular flexibility index (Phi) is 5.18. The first kappa shape index (κ1) is 13.1. The highest BCUT2D eigenvalue weighted by molar-refractivity contribution is 6.77. The lowest BCUT2D eigenvalue weighted by molar-refractivity contribution is 0.0141. The molecule has 0 radical (unpaired) electrons. The summed E-state index contributed by atoms with van der Waals surface area (Å²) in [6.07, 6.45) is 0.639. The summed E-state index contributed by atoms with van der Waals surface area (Å²) in [6, 6.07) is 0. The molecule has 3 heteroatoms. The summed E-state index contributed by atoms with van der Waals surface area (Å²) in [5, 5.41) is 9.17. The molecule has 0 unspecified atom stereocenters. The van der Waals surface area contributed by atoms with Gasteiger partial charge < -0.3 is 9.84 Å². The van der Waals surface area contributed by atoms with Crippen molar-refractivity contribution in [2.24, 2.45) is 0 Å².